The van der Waals surface area contributed by atoms with Gasteiger partial charge in [-0.2, -0.15) is 0 Å². The number of amides is 1. The predicted octanol–water partition coefficient (Wildman–Crippen LogP) is 2.33. The average molecular weight is 290 g/mol. The SMILES string of the molecule is CCCCOC(=O)c1ccc(NC(=O)CNC2CC2)cc1. The Bertz CT molecular complexity index is 481. The number of ether oxygens (including phenoxy) is 1. The van der Waals surface area contributed by atoms with Gasteiger partial charge in [-0.15, -0.1) is 0 Å². The number of anilines is 1. The molecule has 1 saturated carbocycles. The predicted molar refractivity (Wildman–Crippen MR) is 81.3 cm³/mol. The van der Waals surface area contributed by atoms with Crippen LogP contribution in [0.25, 0.3) is 0 Å². The summed E-state index contributed by atoms with van der Waals surface area (Å²) in [5, 5.41) is 5.94. The lowest BCUT2D eigenvalue weighted by Crippen LogP contribution is -2.29. The van der Waals surface area contributed by atoms with Crippen LogP contribution in [0.15, 0.2) is 24.3 Å². The van der Waals surface area contributed by atoms with Gasteiger partial charge in [-0.3, -0.25) is 4.79 Å². The first-order chi connectivity index (χ1) is 10.2. The average Bonchev–Trinajstić information content (AvgIpc) is 3.30. The van der Waals surface area contributed by atoms with E-state index >= 15 is 0 Å². The lowest BCUT2D eigenvalue weighted by atomic mass is 10.2. The molecule has 0 atom stereocenters. The number of carbonyl (C=O) groups excluding carboxylic acids is 2. The maximum absolute atomic E-state index is 11.7. The number of hydrogen-bond donors (Lipinski definition) is 2. The van der Waals surface area contributed by atoms with Crippen LogP contribution in [0.1, 0.15) is 43.0 Å². The minimum absolute atomic E-state index is 0.0693. The van der Waals surface area contributed by atoms with Crippen LogP contribution in [-0.4, -0.2) is 31.1 Å². The Kier molecular flexibility index (Phi) is 5.75. The van der Waals surface area contributed by atoms with E-state index in [9.17, 15) is 9.59 Å². The van der Waals surface area contributed by atoms with Gasteiger partial charge in [-0.1, -0.05) is 13.3 Å². The Morgan fingerprint density at radius 1 is 1.24 bits per heavy atom. The second-order valence-corrected chi connectivity index (χ2v) is 5.27. The Labute approximate surface area is 125 Å². The normalized spacial score (nSPS) is 13.8. The molecule has 0 heterocycles. The Hall–Kier alpha value is -1.88. The highest BCUT2D eigenvalue weighted by Crippen LogP contribution is 2.18. The molecule has 2 N–H and O–H groups in total. The molecule has 114 valence electrons. The van der Waals surface area contributed by atoms with Gasteiger partial charge in [0, 0.05) is 11.7 Å². The minimum atomic E-state index is -0.322. The number of unbranched alkanes of at least 4 members (excludes halogenated alkanes) is 1. The monoisotopic (exact) mass is 290 g/mol. The van der Waals surface area contributed by atoms with Gasteiger partial charge in [0.15, 0.2) is 0 Å². The molecule has 0 radical (unpaired) electrons. The fourth-order valence-corrected chi connectivity index (χ4v) is 1.81. The number of esters is 1. The van der Waals surface area contributed by atoms with Gasteiger partial charge in [0.1, 0.15) is 0 Å². The van der Waals surface area contributed by atoms with Crippen molar-refractivity contribution in [2.45, 2.75) is 38.6 Å². The maximum Gasteiger partial charge on any atom is 0.338 e. The van der Waals surface area contributed by atoms with Gasteiger partial charge in [0.2, 0.25) is 5.91 Å². The third-order valence-corrected chi connectivity index (χ3v) is 3.26. The van der Waals surface area contributed by atoms with Crippen LogP contribution in [0.2, 0.25) is 0 Å². The van der Waals surface area contributed by atoms with Crippen molar-refractivity contribution in [2.75, 3.05) is 18.5 Å². The molecule has 5 nitrogen and oxygen atoms in total. The highest BCUT2D eigenvalue weighted by atomic mass is 16.5. The van der Waals surface area contributed by atoms with Crippen molar-refractivity contribution in [1.82, 2.24) is 5.32 Å². The molecule has 0 aliphatic heterocycles. The summed E-state index contributed by atoms with van der Waals surface area (Å²) in [5.41, 5.74) is 1.18. The van der Waals surface area contributed by atoms with Gasteiger partial charge in [0.05, 0.1) is 18.7 Å². The molecule has 1 aliphatic rings. The highest BCUT2D eigenvalue weighted by molar-refractivity contribution is 5.94. The van der Waals surface area contributed by atoms with E-state index in [0.29, 0.717) is 30.4 Å². The zero-order chi connectivity index (χ0) is 15.1. The van der Waals surface area contributed by atoms with E-state index in [1.165, 1.54) is 0 Å². The molecule has 1 aromatic rings. The van der Waals surface area contributed by atoms with Crippen molar-refractivity contribution in [3.63, 3.8) is 0 Å². The molecule has 21 heavy (non-hydrogen) atoms. The number of nitrogens with one attached hydrogen (secondary N) is 2. The lowest BCUT2D eigenvalue weighted by molar-refractivity contribution is -0.115. The highest BCUT2D eigenvalue weighted by Gasteiger charge is 2.21. The van der Waals surface area contributed by atoms with Crippen molar-refractivity contribution in [3.8, 4) is 0 Å². The molecule has 1 aliphatic carbocycles. The van der Waals surface area contributed by atoms with Crippen LogP contribution in [0.3, 0.4) is 0 Å². The van der Waals surface area contributed by atoms with Gasteiger partial charge >= 0.3 is 5.97 Å². The molecule has 0 aromatic heterocycles. The first-order valence-corrected chi connectivity index (χ1v) is 7.49. The number of hydrogen-bond acceptors (Lipinski definition) is 4. The van der Waals surface area contributed by atoms with E-state index in [-0.39, 0.29) is 11.9 Å². The van der Waals surface area contributed by atoms with Crippen LogP contribution >= 0.6 is 0 Å². The van der Waals surface area contributed by atoms with E-state index < -0.39 is 0 Å². The molecule has 0 unspecified atom stereocenters. The van der Waals surface area contributed by atoms with Crippen LogP contribution < -0.4 is 10.6 Å². The third kappa shape index (κ3) is 5.55. The fraction of sp³-hybridized carbons (Fsp3) is 0.500. The molecular weight excluding hydrogens is 268 g/mol. The molecular formula is C16H22N2O3. The van der Waals surface area contributed by atoms with Gasteiger partial charge < -0.3 is 15.4 Å². The van der Waals surface area contributed by atoms with Crippen LogP contribution in [-0.2, 0) is 9.53 Å². The van der Waals surface area contributed by atoms with E-state index in [1.54, 1.807) is 24.3 Å². The lowest BCUT2D eigenvalue weighted by Gasteiger charge is -2.07. The molecule has 5 heteroatoms. The minimum Gasteiger partial charge on any atom is -0.462 e. The Morgan fingerprint density at radius 3 is 2.57 bits per heavy atom. The summed E-state index contributed by atoms with van der Waals surface area (Å²) in [7, 11) is 0. The zero-order valence-electron chi connectivity index (χ0n) is 12.4. The van der Waals surface area contributed by atoms with Crippen molar-refractivity contribution < 1.29 is 14.3 Å². The van der Waals surface area contributed by atoms with Crippen molar-refractivity contribution in [1.29, 1.82) is 0 Å². The molecule has 0 spiro atoms. The number of benzene rings is 1. The standard InChI is InChI=1S/C16H22N2O3/c1-2-3-10-21-16(20)12-4-6-14(7-5-12)18-15(19)11-17-13-8-9-13/h4-7,13,17H,2-3,8-11H2,1H3,(H,18,19). The van der Waals surface area contributed by atoms with Crippen LogP contribution in [0, 0.1) is 0 Å². The van der Waals surface area contributed by atoms with E-state index in [4.69, 9.17) is 4.74 Å². The molecule has 1 aromatic carbocycles. The molecule has 1 fully saturated rings. The molecule has 0 saturated heterocycles. The summed E-state index contributed by atoms with van der Waals surface area (Å²) in [5.74, 6) is -0.392. The van der Waals surface area contributed by atoms with E-state index in [1.807, 2.05) is 6.92 Å². The molecule has 0 bridgehead atoms. The second-order valence-electron chi connectivity index (χ2n) is 5.27. The molecule has 1 amide bonds. The Morgan fingerprint density at radius 2 is 1.95 bits per heavy atom. The summed E-state index contributed by atoms with van der Waals surface area (Å²) in [6.45, 7) is 2.82. The van der Waals surface area contributed by atoms with Gasteiger partial charge in [-0.25, -0.2) is 4.79 Å². The Balaban J connectivity index is 1.77. The second kappa shape index (κ2) is 7.78. The van der Waals surface area contributed by atoms with Gasteiger partial charge in [0.25, 0.3) is 0 Å². The molecule has 2 rings (SSSR count). The topological polar surface area (TPSA) is 67.4 Å². The summed E-state index contributed by atoms with van der Waals surface area (Å²) in [6, 6.07) is 7.27. The quantitative estimate of drug-likeness (QED) is 0.569. The number of rotatable bonds is 8. The summed E-state index contributed by atoms with van der Waals surface area (Å²) in [4.78, 5) is 23.4. The maximum atomic E-state index is 11.7. The van der Waals surface area contributed by atoms with E-state index in [2.05, 4.69) is 10.6 Å². The van der Waals surface area contributed by atoms with Crippen molar-refractivity contribution >= 4 is 17.6 Å². The van der Waals surface area contributed by atoms with Crippen LogP contribution in [0.5, 0.6) is 0 Å². The first-order valence-electron chi connectivity index (χ1n) is 7.49. The third-order valence-electron chi connectivity index (χ3n) is 3.26. The van der Waals surface area contributed by atoms with E-state index in [0.717, 1.165) is 25.7 Å². The van der Waals surface area contributed by atoms with Crippen LogP contribution in [0.4, 0.5) is 5.69 Å². The van der Waals surface area contributed by atoms with Gasteiger partial charge in [-0.05, 0) is 43.5 Å². The largest absolute Gasteiger partial charge is 0.462 e. The number of carbonyl (C=O) groups is 2. The van der Waals surface area contributed by atoms with Crippen molar-refractivity contribution in [3.05, 3.63) is 29.8 Å². The summed E-state index contributed by atoms with van der Waals surface area (Å²) < 4.78 is 5.13. The van der Waals surface area contributed by atoms with Crippen molar-refractivity contribution in [2.24, 2.45) is 0 Å². The summed E-state index contributed by atoms with van der Waals surface area (Å²) >= 11 is 0. The zero-order valence-corrected chi connectivity index (χ0v) is 12.4. The summed E-state index contributed by atoms with van der Waals surface area (Å²) in [6.07, 6.45) is 4.17. The first kappa shape index (κ1) is 15.5. The smallest absolute Gasteiger partial charge is 0.338 e. The fourth-order valence-electron chi connectivity index (χ4n) is 1.81.